The molecule has 0 aliphatic carbocycles. The van der Waals surface area contributed by atoms with Gasteiger partial charge in [0.2, 0.25) is 0 Å². The molecule has 2 aromatic rings. The molecule has 6 N–H and O–H groups in total. The maximum Gasteiger partial charge on any atom is 0.124 e. The Kier molecular flexibility index (Phi) is 3.91. The fourth-order valence-electron chi connectivity index (χ4n) is 1.50. The van der Waals surface area contributed by atoms with Crippen LogP contribution in [0.5, 0.6) is 0 Å². The van der Waals surface area contributed by atoms with Crippen LogP contribution in [0.25, 0.3) is 0 Å². The summed E-state index contributed by atoms with van der Waals surface area (Å²) >= 11 is 1.27. The lowest BCUT2D eigenvalue weighted by Crippen LogP contribution is -2.13. The molecule has 0 unspecified atom stereocenters. The average molecular weight is 276 g/mol. The van der Waals surface area contributed by atoms with Crippen molar-refractivity contribution in [2.45, 2.75) is 4.90 Å². The number of nitrogens with two attached hydrogens (primary N) is 2. The quantitative estimate of drug-likeness (QED) is 0.299. The molecule has 4 nitrogen and oxygen atoms in total. The van der Waals surface area contributed by atoms with Gasteiger partial charge >= 0.3 is 0 Å². The van der Waals surface area contributed by atoms with Gasteiger partial charge in [-0.05, 0) is 48.3 Å². The van der Waals surface area contributed by atoms with E-state index in [1.165, 1.54) is 24.1 Å². The van der Waals surface area contributed by atoms with E-state index in [4.69, 9.17) is 16.9 Å². The number of nitrogens with one attached hydrogen (secondary N) is 2. The van der Waals surface area contributed by atoms with Crippen LogP contribution in [-0.4, -0.2) is 5.84 Å². The van der Waals surface area contributed by atoms with Gasteiger partial charge < -0.3 is 16.2 Å². The minimum atomic E-state index is -0.284. The predicted molar refractivity (Wildman–Crippen MR) is 77.8 cm³/mol. The van der Waals surface area contributed by atoms with Gasteiger partial charge in [0.25, 0.3) is 0 Å². The first kappa shape index (κ1) is 13.2. The lowest BCUT2D eigenvalue weighted by molar-refractivity contribution is 0.624. The van der Waals surface area contributed by atoms with Crippen molar-refractivity contribution in [1.29, 1.82) is 5.41 Å². The first-order chi connectivity index (χ1) is 9.06. The fraction of sp³-hybridized carbons (Fsp3) is 0. The molecular weight excluding hydrogens is 263 g/mol. The van der Waals surface area contributed by atoms with E-state index in [-0.39, 0.29) is 11.7 Å². The number of halogens is 1. The molecule has 0 aromatic heterocycles. The third kappa shape index (κ3) is 3.38. The smallest absolute Gasteiger partial charge is 0.124 e. The highest BCUT2D eigenvalue weighted by atomic mass is 32.2. The molecule has 2 rings (SSSR count). The zero-order valence-electron chi connectivity index (χ0n) is 9.98. The van der Waals surface area contributed by atoms with Crippen LogP contribution >= 0.6 is 11.9 Å². The second-order valence-corrected chi connectivity index (χ2v) is 4.76. The third-order valence-electron chi connectivity index (χ3n) is 2.43. The van der Waals surface area contributed by atoms with Gasteiger partial charge in [-0.2, -0.15) is 0 Å². The van der Waals surface area contributed by atoms with Gasteiger partial charge in [-0.25, -0.2) is 4.39 Å². The molecule has 0 heterocycles. The molecule has 0 radical (unpaired) electrons. The fourth-order valence-corrected chi connectivity index (χ4v) is 2.18. The highest BCUT2D eigenvalue weighted by molar-refractivity contribution is 8.00. The van der Waals surface area contributed by atoms with Crippen LogP contribution in [-0.2, 0) is 0 Å². The molecule has 0 spiro atoms. The zero-order valence-corrected chi connectivity index (χ0v) is 10.8. The van der Waals surface area contributed by atoms with E-state index in [0.29, 0.717) is 11.3 Å². The Morgan fingerprint density at radius 3 is 2.68 bits per heavy atom. The Hall–Kier alpha value is -2.21. The summed E-state index contributed by atoms with van der Waals surface area (Å²) in [6, 6.07) is 11.4. The van der Waals surface area contributed by atoms with Gasteiger partial charge in [0.15, 0.2) is 0 Å². The van der Waals surface area contributed by atoms with Crippen molar-refractivity contribution in [1.82, 2.24) is 0 Å². The Balaban J connectivity index is 2.12. The average Bonchev–Trinajstić information content (AvgIpc) is 2.37. The van der Waals surface area contributed by atoms with Gasteiger partial charge in [0.1, 0.15) is 11.7 Å². The lowest BCUT2D eigenvalue weighted by atomic mass is 10.1. The zero-order chi connectivity index (χ0) is 13.8. The largest absolute Gasteiger partial charge is 0.398 e. The molecule has 0 atom stereocenters. The van der Waals surface area contributed by atoms with Gasteiger partial charge in [-0.1, -0.05) is 6.07 Å². The number of nitrogen functional groups attached to an aromatic ring is 2. The molecule has 0 saturated carbocycles. The van der Waals surface area contributed by atoms with Crippen molar-refractivity contribution >= 4 is 29.2 Å². The van der Waals surface area contributed by atoms with Crippen LogP contribution in [0.4, 0.5) is 15.8 Å². The summed E-state index contributed by atoms with van der Waals surface area (Å²) in [6.45, 7) is 0. The minimum Gasteiger partial charge on any atom is -0.398 e. The van der Waals surface area contributed by atoms with Gasteiger partial charge in [-0.15, -0.1) is 0 Å². The highest BCUT2D eigenvalue weighted by Crippen LogP contribution is 2.24. The summed E-state index contributed by atoms with van der Waals surface area (Å²) in [5, 5.41) is 7.41. The summed E-state index contributed by atoms with van der Waals surface area (Å²) in [5.41, 5.74) is 12.8. The van der Waals surface area contributed by atoms with Gasteiger partial charge in [0, 0.05) is 21.8 Å². The molecule has 0 saturated heterocycles. The Morgan fingerprint density at radius 1 is 1.21 bits per heavy atom. The summed E-state index contributed by atoms with van der Waals surface area (Å²) in [4.78, 5) is 0.751. The van der Waals surface area contributed by atoms with Crippen LogP contribution in [0.2, 0.25) is 0 Å². The first-order valence-corrected chi connectivity index (χ1v) is 6.30. The van der Waals surface area contributed by atoms with Crippen LogP contribution in [0.15, 0.2) is 47.4 Å². The van der Waals surface area contributed by atoms with Crippen molar-refractivity contribution in [3.63, 3.8) is 0 Å². The van der Waals surface area contributed by atoms with E-state index >= 15 is 0 Å². The maximum absolute atomic E-state index is 13.0. The molecule has 19 heavy (non-hydrogen) atoms. The topological polar surface area (TPSA) is 87.9 Å². The molecule has 0 aliphatic rings. The summed E-state index contributed by atoms with van der Waals surface area (Å²) in [7, 11) is 0. The van der Waals surface area contributed by atoms with E-state index in [1.54, 1.807) is 30.3 Å². The van der Waals surface area contributed by atoms with E-state index < -0.39 is 0 Å². The van der Waals surface area contributed by atoms with Crippen molar-refractivity contribution in [2.75, 3.05) is 10.5 Å². The molecule has 0 amide bonds. The standard InChI is InChI=1S/C13H13FN4S/c14-8-2-1-3-10(6-8)19-18-9-4-5-12(15)11(7-9)13(16)17/h1-7,18H,15H2,(H3,16,17). The summed E-state index contributed by atoms with van der Waals surface area (Å²) < 4.78 is 16.1. The van der Waals surface area contributed by atoms with Crippen LogP contribution < -0.4 is 16.2 Å². The SMILES string of the molecule is N=C(N)c1cc(NSc2cccc(F)c2)ccc1N. The van der Waals surface area contributed by atoms with Crippen LogP contribution in [0.3, 0.4) is 0 Å². The molecule has 0 fully saturated rings. The van der Waals surface area contributed by atoms with Gasteiger partial charge in [0.05, 0.1) is 0 Å². The summed E-state index contributed by atoms with van der Waals surface area (Å²) in [6.07, 6.45) is 0. The number of amidine groups is 1. The number of hydrogen-bond acceptors (Lipinski definition) is 4. The van der Waals surface area contributed by atoms with E-state index in [1.807, 2.05) is 0 Å². The van der Waals surface area contributed by atoms with Crippen LogP contribution in [0, 0.1) is 11.2 Å². The van der Waals surface area contributed by atoms with Gasteiger partial charge in [-0.3, -0.25) is 5.41 Å². The second-order valence-electron chi connectivity index (χ2n) is 3.88. The molecular formula is C13H13FN4S. The second kappa shape index (κ2) is 5.62. The normalized spacial score (nSPS) is 10.2. The van der Waals surface area contributed by atoms with Crippen LogP contribution in [0.1, 0.15) is 5.56 Å². The van der Waals surface area contributed by atoms with E-state index in [2.05, 4.69) is 4.72 Å². The Labute approximate surface area is 114 Å². The Morgan fingerprint density at radius 2 is 2.00 bits per heavy atom. The van der Waals surface area contributed by atoms with Crippen molar-refractivity contribution < 1.29 is 4.39 Å². The van der Waals surface area contributed by atoms with Crippen molar-refractivity contribution in [3.05, 3.63) is 53.8 Å². The number of benzene rings is 2. The van der Waals surface area contributed by atoms with Crippen molar-refractivity contribution in [3.8, 4) is 0 Å². The first-order valence-electron chi connectivity index (χ1n) is 5.48. The Bertz CT molecular complexity index is 615. The minimum absolute atomic E-state index is 0.0862. The molecule has 2 aromatic carbocycles. The lowest BCUT2D eigenvalue weighted by Gasteiger charge is -2.09. The monoisotopic (exact) mass is 276 g/mol. The van der Waals surface area contributed by atoms with E-state index in [0.717, 1.165) is 10.6 Å². The van der Waals surface area contributed by atoms with E-state index in [9.17, 15) is 4.39 Å². The third-order valence-corrected chi connectivity index (χ3v) is 3.25. The number of rotatable bonds is 4. The van der Waals surface area contributed by atoms with Crippen molar-refractivity contribution in [2.24, 2.45) is 5.73 Å². The molecule has 0 aliphatic heterocycles. The maximum atomic E-state index is 13.0. The number of anilines is 2. The molecule has 0 bridgehead atoms. The molecule has 6 heteroatoms. The number of hydrogen-bond donors (Lipinski definition) is 4. The molecule has 98 valence electrons. The summed E-state index contributed by atoms with van der Waals surface area (Å²) in [5.74, 6) is -0.370. The predicted octanol–water partition coefficient (Wildman–Crippen LogP) is 2.81. The highest BCUT2D eigenvalue weighted by Gasteiger charge is 2.04.